The minimum Gasteiger partial charge on any atom is -0.460 e. The van der Waals surface area contributed by atoms with Crippen LogP contribution in [0, 0.1) is 0 Å². The van der Waals surface area contributed by atoms with E-state index in [1.807, 2.05) is 54.6 Å². The van der Waals surface area contributed by atoms with Crippen molar-refractivity contribution in [1.29, 1.82) is 0 Å². The van der Waals surface area contributed by atoms with Gasteiger partial charge in [-0.2, -0.15) is 0 Å². The van der Waals surface area contributed by atoms with Crippen molar-refractivity contribution < 1.29 is 18.7 Å². The van der Waals surface area contributed by atoms with Crippen LogP contribution in [-0.2, 0) is 0 Å². The lowest BCUT2D eigenvalue weighted by atomic mass is 10.0. The van der Waals surface area contributed by atoms with Gasteiger partial charge >= 0.3 is 5.97 Å². The molecule has 0 atom stereocenters. The second kappa shape index (κ2) is 8.87. The SMILES string of the molecule is CC(C)c1ccc(Oc2coc3cc(OC(=O)c4ccc5ccccc5c4)ccc3c2=O)cc1. The molecule has 34 heavy (non-hydrogen) atoms. The molecule has 0 fully saturated rings. The van der Waals surface area contributed by atoms with Gasteiger partial charge < -0.3 is 13.9 Å². The molecule has 5 heteroatoms. The van der Waals surface area contributed by atoms with Crippen molar-refractivity contribution in [3.63, 3.8) is 0 Å². The molecule has 0 saturated carbocycles. The average Bonchev–Trinajstić information content (AvgIpc) is 2.85. The van der Waals surface area contributed by atoms with Crippen molar-refractivity contribution in [3.05, 3.63) is 113 Å². The molecule has 5 nitrogen and oxygen atoms in total. The number of hydrogen-bond donors (Lipinski definition) is 0. The fourth-order valence-electron chi connectivity index (χ4n) is 3.75. The van der Waals surface area contributed by atoms with Crippen LogP contribution in [0.15, 0.2) is 100 Å². The lowest BCUT2D eigenvalue weighted by molar-refractivity contribution is 0.0735. The van der Waals surface area contributed by atoms with Gasteiger partial charge in [0.1, 0.15) is 23.3 Å². The van der Waals surface area contributed by atoms with Gasteiger partial charge in [-0.05, 0) is 58.7 Å². The fraction of sp³-hybridized carbons (Fsp3) is 0.103. The van der Waals surface area contributed by atoms with E-state index in [2.05, 4.69) is 13.8 Å². The molecule has 1 aromatic heterocycles. The van der Waals surface area contributed by atoms with Gasteiger partial charge in [0.15, 0.2) is 0 Å². The van der Waals surface area contributed by atoms with Gasteiger partial charge in [-0.15, -0.1) is 0 Å². The first-order valence-corrected chi connectivity index (χ1v) is 11.0. The van der Waals surface area contributed by atoms with Crippen LogP contribution in [-0.4, -0.2) is 5.97 Å². The summed E-state index contributed by atoms with van der Waals surface area (Å²) < 4.78 is 16.9. The summed E-state index contributed by atoms with van der Waals surface area (Å²) in [6.07, 6.45) is 1.27. The number of rotatable bonds is 5. The van der Waals surface area contributed by atoms with E-state index in [-0.39, 0.29) is 16.9 Å². The highest BCUT2D eigenvalue weighted by Gasteiger charge is 2.13. The zero-order valence-corrected chi connectivity index (χ0v) is 18.8. The highest BCUT2D eigenvalue weighted by atomic mass is 16.5. The van der Waals surface area contributed by atoms with Gasteiger partial charge in [0.25, 0.3) is 0 Å². The van der Waals surface area contributed by atoms with Crippen molar-refractivity contribution >= 4 is 27.7 Å². The van der Waals surface area contributed by atoms with Crippen LogP contribution in [0.5, 0.6) is 17.2 Å². The largest absolute Gasteiger partial charge is 0.460 e. The Kier molecular flexibility index (Phi) is 5.60. The van der Waals surface area contributed by atoms with Crippen molar-refractivity contribution in [2.24, 2.45) is 0 Å². The molecule has 0 aliphatic heterocycles. The van der Waals surface area contributed by atoms with Crippen LogP contribution in [0.1, 0.15) is 35.7 Å². The van der Waals surface area contributed by atoms with E-state index < -0.39 is 5.97 Å². The second-order valence-electron chi connectivity index (χ2n) is 8.36. The molecule has 0 bridgehead atoms. The lowest BCUT2D eigenvalue weighted by Gasteiger charge is -2.09. The van der Waals surface area contributed by atoms with Crippen LogP contribution < -0.4 is 14.9 Å². The van der Waals surface area contributed by atoms with E-state index in [0.29, 0.717) is 28.2 Å². The number of fused-ring (bicyclic) bond motifs is 2. The molecule has 168 valence electrons. The average molecular weight is 450 g/mol. The Labute approximate surface area is 196 Å². The van der Waals surface area contributed by atoms with Gasteiger partial charge in [0.05, 0.1) is 10.9 Å². The van der Waals surface area contributed by atoms with E-state index in [0.717, 1.165) is 10.8 Å². The highest BCUT2D eigenvalue weighted by Crippen LogP contribution is 2.26. The summed E-state index contributed by atoms with van der Waals surface area (Å²) in [6.45, 7) is 4.22. The normalized spacial score (nSPS) is 11.1. The first-order chi connectivity index (χ1) is 16.5. The number of benzene rings is 4. The molecule has 0 spiro atoms. The van der Waals surface area contributed by atoms with Crippen molar-refractivity contribution in [2.45, 2.75) is 19.8 Å². The van der Waals surface area contributed by atoms with Crippen molar-refractivity contribution in [3.8, 4) is 17.2 Å². The molecule has 4 aromatic carbocycles. The molecule has 5 aromatic rings. The Morgan fingerprint density at radius 1 is 0.824 bits per heavy atom. The van der Waals surface area contributed by atoms with Crippen molar-refractivity contribution in [2.75, 3.05) is 0 Å². The molecule has 5 rings (SSSR count). The number of hydrogen-bond acceptors (Lipinski definition) is 5. The summed E-state index contributed by atoms with van der Waals surface area (Å²) in [5.74, 6) is 0.844. The van der Waals surface area contributed by atoms with Gasteiger partial charge in [-0.3, -0.25) is 4.79 Å². The summed E-state index contributed by atoms with van der Waals surface area (Å²) in [5, 5.41) is 2.33. The van der Waals surface area contributed by atoms with Gasteiger partial charge in [0, 0.05) is 6.07 Å². The van der Waals surface area contributed by atoms with E-state index in [1.165, 1.54) is 17.9 Å². The Morgan fingerprint density at radius 3 is 2.32 bits per heavy atom. The number of esters is 1. The Hall–Kier alpha value is -4.38. The number of carbonyl (C=O) groups excluding carboxylic acids is 1. The summed E-state index contributed by atoms with van der Waals surface area (Å²) in [5.41, 5.74) is 1.62. The standard InChI is InChI=1S/C29H22O5/c1-18(2)19-9-11-23(12-10-19)33-27-17-32-26-16-24(13-14-25(26)28(27)30)34-29(31)22-8-7-20-5-3-4-6-21(20)15-22/h3-18H,1-2H3. The molecule has 0 aliphatic carbocycles. The Balaban J connectivity index is 1.37. The van der Waals surface area contributed by atoms with Gasteiger partial charge in [0.2, 0.25) is 11.2 Å². The van der Waals surface area contributed by atoms with Crippen molar-refractivity contribution in [1.82, 2.24) is 0 Å². The van der Waals surface area contributed by atoms with Crippen LogP contribution in [0.3, 0.4) is 0 Å². The van der Waals surface area contributed by atoms with E-state index >= 15 is 0 Å². The highest BCUT2D eigenvalue weighted by molar-refractivity contribution is 5.96. The maximum atomic E-state index is 12.9. The van der Waals surface area contributed by atoms with Crippen LogP contribution in [0.2, 0.25) is 0 Å². The molecule has 0 aliphatic rings. The number of carbonyl (C=O) groups is 1. The zero-order chi connectivity index (χ0) is 23.7. The monoisotopic (exact) mass is 450 g/mol. The summed E-state index contributed by atoms with van der Waals surface area (Å²) in [7, 11) is 0. The molecule has 0 amide bonds. The summed E-state index contributed by atoms with van der Waals surface area (Å²) in [4.78, 5) is 25.5. The third-order valence-electron chi connectivity index (χ3n) is 5.68. The predicted octanol–water partition coefficient (Wildman–Crippen LogP) is 7.08. The Bertz CT molecular complexity index is 1560. The van der Waals surface area contributed by atoms with Crippen LogP contribution >= 0.6 is 0 Å². The molecule has 0 N–H and O–H groups in total. The third-order valence-corrected chi connectivity index (χ3v) is 5.68. The fourth-order valence-corrected chi connectivity index (χ4v) is 3.75. The van der Waals surface area contributed by atoms with Gasteiger partial charge in [-0.1, -0.05) is 56.3 Å². The quantitative estimate of drug-likeness (QED) is 0.211. The minimum atomic E-state index is -0.489. The van der Waals surface area contributed by atoms with E-state index in [9.17, 15) is 9.59 Å². The molecule has 0 radical (unpaired) electrons. The molecular weight excluding hydrogens is 428 g/mol. The topological polar surface area (TPSA) is 65.7 Å². The summed E-state index contributed by atoms with van der Waals surface area (Å²) >= 11 is 0. The molecule has 0 saturated heterocycles. The Morgan fingerprint density at radius 2 is 1.56 bits per heavy atom. The molecule has 1 heterocycles. The first kappa shape index (κ1) is 21.5. The lowest BCUT2D eigenvalue weighted by Crippen LogP contribution is -2.09. The van der Waals surface area contributed by atoms with Gasteiger partial charge in [-0.25, -0.2) is 4.79 Å². The van der Waals surface area contributed by atoms with Crippen LogP contribution in [0.4, 0.5) is 0 Å². The van der Waals surface area contributed by atoms with Crippen LogP contribution in [0.25, 0.3) is 21.7 Å². The zero-order valence-electron chi connectivity index (χ0n) is 18.8. The third kappa shape index (κ3) is 4.28. The smallest absolute Gasteiger partial charge is 0.343 e. The molecule has 0 unspecified atom stereocenters. The summed E-state index contributed by atoms with van der Waals surface area (Å²) in [6, 6.07) is 25.4. The minimum absolute atomic E-state index is 0.0886. The van der Waals surface area contributed by atoms with E-state index in [1.54, 1.807) is 24.3 Å². The second-order valence-corrected chi connectivity index (χ2v) is 8.36. The molecular formula is C29H22O5. The number of ether oxygens (including phenoxy) is 2. The first-order valence-electron chi connectivity index (χ1n) is 11.0. The van der Waals surface area contributed by atoms with E-state index in [4.69, 9.17) is 13.9 Å². The maximum absolute atomic E-state index is 12.9. The predicted molar refractivity (Wildman–Crippen MR) is 132 cm³/mol. The maximum Gasteiger partial charge on any atom is 0.343 e.